The molecule has 1 saturated carbocycles. The smallest absolute Gasteiger partial charge is 0.119 e. The summed E-state index contributed by atoms with van der Waals surface area (Å²) in [5, 5.41) is 12.3. The van der Waals surface area contributed by atoms with Crippen LogP contribution in [0, 0.1) is 6.92 Å². The van der Waals surface area contributed by atoms with Crippen LogP contribution in [-0.2, 0) is 13.0 Å². The number of benzene rings is 2. The lowest BCUT2D eigenvalue weighted by Gasteiger charge is -2.40. The van der Waals surface area contributed by atoms with E-state index < -0.39 is 6.10 Å². The Balaban J connectivity index is 1.21. The second kappa shape index (κ2) is 9.39. The number of aliphatic hydroxyl groups excluding tert-OH is 1. The van der Waals surface area contributed by atoms with Gasteiger partial charge in [0.2, 0.25) is 0 Å². The van der Waals surface area contributed by atoms with Crippen LogP contribution in [0.3, 0.4) is 0 Å². The summed E-state index contributed by atoms with van der Waals surface area (Å²) in [6.45, 7) is 5.09. The third-order valence-corrected chi connectivity index (χ3v) is 8.49. The van der Waals surface area contributed by atoms with Gasteiger partial charge in [-0.15, -0.1) is 0 Å². The topological polar surface area (TPSA) is 37.6 Å². The molecule has 2 heterocycles. The summed E-state index contributed by atoms with van der Waals surface area (Å²) in [6.07, 6.45) is 10.0. The van der Waals surface area contributed by atoms with Gasteiger partial charge in [0.1, 0.15) is 18.5 Å². The Morgan fingerprint density at radius 1 is 0.971 bits per heavy atom. The van der Waals surface area contributed by atoms with Crippen LogP contribution >= 0.6 is 0 Å². The Morgan fingerprint density at radius 3 is 2.62 bits per heavy atom. The molecule has 1 aromatic heterocycles. The maximum Gasteiger partial charge on any atom is 0.119 e. The van der Waals surface area contributed by atoms with E-state index in [1.807, 2.05) is 12.1 Å². The maximum absolute atomic E-state index is 10.8. The van der Waals surface area contributed by atoms with Crippen LogP contribution in [-0.4, -0.2) is 40.4 Å². The summed E-state index contributed by atoms with van der Waals surface area (Å²) in [5.41, 5.74) is 7.32. The molecule has 6 rings (SSSR count). The van der Waals surface area contributed by atoms with Crippen LogP contribution in [0.25, 0.3) is 10.9 Å². The Kier molecular flexibility index (Phi) is 6.13. The Bertz CT molecular complexity index is 1140. The highest BCUT2D eigenvalue weighted by Crippen LogP contribution is 2.44. The molecule has 0 amide bonds. The zero-order valence-corrected chi connectivity index (χ0v) is 20.5. The molecule has 180 valence electrons. The normalized spacial score (nSPS) is 22.0. The SMILES string of the molecule is Cc1ccc(OC[C@H](O)CN2CCn3c4c(c5cc(C6CCCCC6)ccc53)CCC[C@H]42)cc1. The summed E-state index contributed by atoms with van der Waals surface area (Å²) < 4.78 is 8.48. The van der Waals surface area contributed by atoms with Gasteiger partial charge in [-0.1, -0.05) is 43.0 Å². The van der Waals surface area contributed by atoms with Crippen LogP contribution in [0.15, 0.2) is 42.5 Å². The quantitative estimate of drug-likeness (QED) is 0.483. The van der Waals surface area contributed by atoms with Gasteiger partial charge in [-0.25, -0.2) is 0 Å². The predicted molar refractivity (Wildman–Crippen MR) is 138 cm³/mol. The van der Waals surface area contributed by atoms with Gasteiger partial charge < -0.3 is 14.4 Å². The number of nitrogens with zero attached hydrogens (tertiary/aromatic N) is 2. The lowest BCUT2D eigenvalue weighted by atomic mass is 9.83. The molecule has 1 fully saturated rings. The first-order chi connectivity index (χ1) is 16.7. The number of aliphatic hydroxyl groups is 1. The highest BCUT2D eigenvalue weighted by Gasteiger charge is 2.35. The second-order valence-corrected chi connectivity index (χ2v) is 10.8. The van der Waals surface area contributed by atoms with E-state index in [1.165, 1.54) is 73.5 Å². The molecule has 1 aliphatic heterocycles. The summed E-state index contributed by atoms with van der Waals surface area (Å²) >= 11 is 0. The summed E-state index contributed by atoms with van der Waals surface area (Å²) in [5.74, 6) is 1.58. The van der Waals surface area contributed by atoms with Crippen LogP contribution < -0.4 is 4.74 Å². The molecule has 0 radical (unpaired) electrons. The van der Waals surface area contributed by atoms with Crippen LogP contribution in [0.4, 0.5) is 0 Å². The molecule has 0 saturated heterocycles. The highest BCUT2D eigenvalue weighted by atomic mass is 16.5. The fourth-order valence-corrected chi connectivity index (χ4v) is 6.75. The second-order valence-electron chi connectivity index (χ2n) is 10.8. The van der Waals surface area contributed by atoms with Gasteiger partial charge in [0, 0.05) is 36.2 Å². The molecule has 2 aliphatic carbocycles. The number of ether oxygens (including phenoxy) is 1. The van der Waals surface area contributed by atoms with E-state index in [-0.39, 0.29) is 0 Å². The van der Waals surface area contributed by atoms with Crippen molar-refractivity contribution in [2.75, 3.05) is 19.7 Å². The van der Waals surface area contributed by atoms with Crippen LogP contribution in [0.1, 0.15) is 79.3 Å². The predicted octanol–water partition coefficient (Wildman–Crippen LogP) is 6.13. The van der Waals surface area contributed by atoms with Gasteiger partial charge in [0.05, 0.1) is 6.04 Å². The van der Waals surface area contributed by atoms with Crippen molar-refractivity contribution in [3.05, 3.63) is 64.8 Å². The van der Waals surface area contributed by atoms with E-state index in [4.69, 9.17) is 4.74 Å². The minimum absolute atomic E-state index is 0.340. The lowest BCUT2D eigenvalue weighted by Crippen LogP contribution is -2.44. The molecular formula is C30H38N2O2. The van der Waals surface area contributed by atoms with Gasteiger partial charge in [0.15, 0.2) is 0 Å². The van der Waals surface area contributed by atoms with Crippen molar-refractivity contribution in [1.29, 1.82) is 0 Å². The molecule has 0 bridgehead atoms. The van der Waals surface area contributed by atoms with Gasteiger partial charge in [0.25, 0.3) is 0 Å². The summed E-state index contributed by atoms with van der Waals surface area (Å²) in [6, 6.07) is 15.9. The van der Waals surface area contributed by atoms with Crippen LogP contribution in [0.5, 0.6) is 5.75 Å². The number of hydrogen-bond donors (Lipinski definition) is 1. The van der Waals surface area contributed by atoms with E-state index in [9.17, 15) is 5.11 Å². The molecule has 34 heavy (non-hydrogen) atoms. The number of hydrogen-bond acceptors (Lipinski definition) is 3. The molecule has 1 N–H and O–H groups in total. The minimum atomic E-state index is -0.486. The van der Waals surface area contributed by atoms with Gasteiger partial charge in [-0.3, -0.25) is 4.90 Å². The van der Waals surface area contributed by atoms with Crippen molar-refractivity contribution in [3.8, 4) is 5.75 Å². The van der Waals surface area contributed by atoms with Crippen LogP contribution in [0.2, 0.25) is 0 Å². The summed E-state index contributed by atoms with van der Waals surface area (Å²) in [4.78, 5) is 2.52. The first-order valence-electron chi connectivity index (χ1n) is 13.4. The van der Waals surface area contributed by atoms with E-state index in [0.717, 1.165) is 24.8 Å². The Morgan fingerprint density at radius 2 is 1.79 bits per heavy atom. The number of aryl methyl sites for hydroxylation is 2. The molecular weight excluding hydrogens is 420 g/mol. The Hall–Kier alpha value is -2.30. The zero-order chi connectivity index (χ0) is 23.1. The van der Waals surface area contributed by atoms with Crippen molar-refractivity contribution in [2.45, 2.75) is 82.9 Å². The van der Waals surface area contributed by atoms with E-state index >= 15 is 0 Å². The molecule has 0 spiro atoms. The third-order valence-electron chi connectivity index (χ3n) is 8.49. The van der Waals surface area contributed by atoms with Crippen molar-refractivity contribution in [1.82, 2.24) is 9.47 Å². The third kappa shape index (κ3) is 4.16. The molecule has 2 atom stereocenters. The fraction of sp³-hybridized carbons (Fsp3) is 0.533. The number of aromatic nitrogens is 1. The molecule has 4 nitrogen and oxygen atoms in total. The van der Waals surface area contributed by atoms with Gasteiger partial charge in [-0.05, 0) is 80.3 Å². The van der Waals surface area contributed by atoms with E-state index in [1.54, 1.807) is 11.1 Å². The maximum atomic E-state index is 10.8. The zero-order valence-electron chi connectivity index (χ0n) is 20.5. The Labute approximate surface area is 203 Å². The lowest BCUT2D eigenvalue weighted by molar-refractivity contribution is 0.0375. The minimum Gasteiger partial charge on any atom is -0.491 e. The molecule has 0 unspecified atom stereocenters. The largest absolute Gasteiger partial charge is 0.491 e. The van der Waals surface area contributed by atoms with Crippen molar-refractivity contribution >= 4 is 10.9 Å². The average Bonchev–Trinajstić information content (AvgIpc) is 3.20. The molecule has 3 aliphatic rings. The summed E-state index contributed by atoms with van der Waals surface area (Å²) in [7, 11) is 0. The average molecular weight is 459 g/mol. The number of fused-ring (bicyclic) bond motifs is 3. The standard InChI is InChI=1S/C30H38N2O2/c1-21-10-13-25(14-11-21)34-20-24(33)19-31-16-17-32-28-15-12-23(22-6-3-2-4-7-22)18-27(28)26-8-5-9-29(31)30(26)32/h10-15,18,22,24,29,33H,2-9,16-17,19-20H2,1H3/t24-,29-/m1/s1. The number of rotatable bonds is 6. The monoisotopic (exact) mass is 458 g/mol. The molecule has 2 aromatic carbocycles. The number of β-amino-alcohol motifs (C(OH)–C–C–N with tert-alkyl or cyclic N) is 1. The first kappa shape index (κ1) is 22.2. The highest BCUT2D eigenvalue weighted by molar-refractivity contribution is 5.87. The molecule has 4 heteroatoms. The van der Waals surface area contributed by atoms with E-state index in [2.05, 4.69) is 46.7 Å². The van der Waals surface area contributed by atoms with Gasteiger partial charge >= 0.3 is 0 Å². The van der Waals surface area contributed by atoms with Crippen molar-refractivity contribution < 1.29 is 9.84 Å². The van der Waals surface area contributed by atoms with Gasteiger partial charge in [-0.2, -0.15) is 0 Å². The van der Waals surface area contributed by atoms with E-state index in [0.29, 0.717) is 19.2 Å². The molecule has 3 aromatic rings. The van der Waals surface area contributed by atoms with Crippen molar-refractivity contribution in [2.24, 2.45) is 0 Å². The fourth-order valence-electron chi connectivity index (χ4n) is 6.75. The first-order valence-corrected chi connectivity index (χ1v) is 13.4. The van der Waals surface area contributed by atoms with Crippen molar-refractivity contribution in [3.63, 3.8) is 0 Å².